The van der Waals surface area contributed by atoms with Crippen molar-refractivity contribution in [2.45, 2.75) is 0 Å². The van der Waals surface area contributed by atoms with Crippen molar-refractivity contribution in [1.82, 2.24) is 24.1 Å². The minimum atomic E-state index is 0.472. The zero-order valence-electron chi connectivity index (χ0n) is 30.7. The lowest BCUT2D eigenvalue weighted by atomic mass is 9.95. The fraction of sp³-hybridized carbons (Fsp3) is 0.0200. The fourth-order valence-corrected chi connectivity index (χ4v) is 8.60. The number of allylic oxidation sites excluding steroid dienone is 1. The molecule has 0 saturated carbocycles. The van der Waals surface area contributed by atoms with Crippen LogP contribution in [0.3, 0.4) is 0 Å². The summed E-state index contributed by atoms with van der Waals surface area (Å²) < 4.78 is 4.63. The van der Waals surface area contributed by atoms with Crippen molar-refractivity contribution < 1.29 is 0 Å². The van der Waals surface area contributed by atoms with Crippen LogP contribution < -0.4 is 4.90 Å². The Kier molecular flexibility index (Phi) is 6.97. The van der Waals surface area contributed by atoms with Crippen LogP contribution in [0, 0.1) is 0 Å². The number of nitrogens with zero attached hydrogens (tertiary/aromatic N) is 6. The summed E-state index contributed by atoms with van der Waals surface area (Å²) >= 11 is 0. The van der Waals surface area contributed by atoms with Crippen LogP contribution in [0.2, 0.25) is 0 Å². The highest BCUT2D eigenvalue weighted by molar-refractivity contribution is 6.34. The van der Waals surface area contributed by atoms with Crippen molar-refractivity contribution >= 4 is 71.1 Å². The molecule has 0 saturated heterocycles. The lowest BCUT2D eigenvalue weighted by molar-refractivity contribution is 0.910. The van der Waals surface area contributed by atoms with E-state index in [-0.39, 0.29) is 0 Å². The van der Waals surface area contributed by atoms with E-state index in [2.05, 4.69) is 174 Å². The van der Waals surface area contributed by atoms with Gasteiger partial charge in [-0.15, -0.1) is 0 Å². The van der Waals surface area contributed by atoms with E-state index in [1.807, 2.05) is 18.0 Å². The molecule has 0 aliphatic heterocycles. The molecule has 0 atom stereocenters. The molecule has 6 heteroatoms. The Morgan fingerprint density at radius 3 is 1.71 bits per heavy atom. The standard InChI is InChI=1S/C50H34N6/c1-4-31(2)54(3)49-51-48(34-29-27-33(28-30-34)32-15-6-5-7-16-32)52-50(53-49)56-41-23-11-10-19-37(41)40-22-14-26-44(47(40)56)55-42-24-12-20-38-35-17-8-9-18-36(35)39-21-13-25-43(55)46(39)45(38)42/h4-30H,1-2H2,3H3. The molecule has 11 rings (SSSR count). The maximum atomic E-state index is 5.28. The summed E-state index contributed by atoms with van der Waals surface area (Å²) in [5.74, 6) is 1.55. The van der Waals surface area contributed by atoms with Gasteiger partial charge in [0.1, 0.15) is 0 Å². The fourth-order valence-electron chi connectivity index (χ4n) is 8.60. The van der Waals surface area contributed by atoms with E-state index >= 15 is 0 Å². The van der Waals surface area contributed by atoms with Gasteiger partial charge in [-0.3, -0.25) is 4.57 Å². The Bertz CT molecular complexity index is 3270. The number of para-hydroxylation sites is 2. The average molecular weight is 719 g/mol. The van der Waals surface area contributed by atoms with Crippen molar-refractivity contribution in [2.24, 2.45) is 0 Å². The minimum absolute atomic E-state index is 0.472. The van der Waals surface area contributed by atoms with Crippen molar-refractivity contribution in [2.75, 3.05) is 11.9 Å². The molecule has 264 valence electrons. The molecular formula is C50H34N6. The third-order valence-electron chi connectivity index (χ3n) is 11.3. The summed E-state index contributed by atoms with van der Waals surface area (Å²) in [6.45, 7) is 8.21. The van der Waals surface area contributed by atoms with Gasteiger partial charge >= 0.3 is 0 Å². The highest BCUT2D eigenvalue weighted by Crippen LogP contribution is 2.45. The third-order valence-corrected chi connectivity index (χ3v) is 11.3. The van der Waals surface area contributed by atoms with Gasteiger partial charge in [0.2, 0.25) is 11.9 Å². The maximum Gasteiger partial charge on any atom is 0.240 e. The third kappa shape index (κ3) is 4.59. The summed E-state index contributed by atoms with van der Waals surface area (Å²) in [5, 5.41) is 9.79. The number of likely N-dealkylation sites (N-methyl/N-ethyl adjacent to an activating group) is 1. The minimum Gasteiger partial charge on any atom is -0.314 e. The molecule has 0 unspecified atom stereocenters. The van der Waals surface area contributed by atoms with Crippen LogP contribution in [0.15, 0.2) is 183 Å². The van der Waals surface area contributed by atoms with Gasteiger partial charge in [0.15, 0.2) is 5.82 Å². The van der Waals surface area contributed by atoms with Gasteiger partial charge in [0.25, 0.3) is 0 Å². The quantitative estimate of drug-likeness (QED) is 0.122. The second-order valence-electron chi connectivity index (χ2n) is 14.3. The first-order valence-corrected chi connectivity index (χ1v) is 18.7. The van der Waals surface area contributed by atoms with Crippen molar-refractivity contribution in [1.29, 1.82) is 0 Å². The highest BCUT2D eigenvalue weighted by Gasteiger charge is 2.25. The number of anilines is 1. The molecule has 0 aliphatic rings. The van der Waals surface area contributed by atoms with Crippen molar-refractivity contribution in [3.63, 3.8) is 0 Å². The Morgan fingerprint density at radius 2 is 1.04 bits per heavy atom. The van der Waals surface area contributed by atoms with Crippen LogP contribution in [0.5, 0.6) is 0 Å². The maximum absolute atomic E-state index is 5.28. The summed E-state index contributed by atoms with van der Waals surface area (Å²) in [7, 11) is 1.91. The van der Waals surface area contributed by atoms with Crippen LogP contribution in [0.4, 0.5) is 5.95 Å². The van der Waals surface area contributed by atoms with Gasteiger partial charge in [-0.05, 0) is 63.0 Å². The van der Waals surface area contributed by atoms with E-state index in [0.717, 1.165) is 55.2 Å². The first-order valence-electron chi connectivity index (χ1n) is 18.7. The highest BCUT2D eigenvalue weighted by atomic mass is 15.3. The summed E-state index contributed by atoms with van der Waals surface area (Å²) in [6.07, 6.45) is 1.71. The summed E-state index contributed by atoms with van der Waals surface area (Å²) in [6, 6.07) is 56.0. The van der Waals surface area contributed by atoms with E-state index in [9.17, 15) is 0 Å². The molecule has 0 fully saturated rings. The molecule has 3 heterocycles. The van der Waals surface area contributed by atoms with Crippen molar-refractivity contribution in [3.8, 4) is 34.2 Å². The number of fused-ring (bicyclic) bond motifs is 6. The second kappa shape index (κ2) is 12.2. The first kappa shape index (κ1) is 31.9. The molecule has 0 amide bonds. The van der Waals surface area contributed by atoms with Crippen LogP contribution in [-0.4, -0.2) is 31.1 Å². The van der Waals surface area contributed by atoms with E-state index in [1.165, 1.54) is 32.3 Å². The number of rotatable bonds is 7. The van der Waals surface area contributed by atoms with E-state index in [1.54, 1.807) is 6.08 Å². The SMILES string of the molecule is C=CC(=C)N(C)c1nc(-c2ccc(-c3ccccc3)cc2)nc(-n2c3ccccc3c3cccc(-n4c5cccc6c7ccccc7c7cccc4c7c65)c32)n1. The largest absolute Gasteiger partial charge is 0.314 e. The van der Waals surface area contributed by atoms with Crippen LogP contribution in [-0.2, 0) is 0 Å². The molecule has 3 aromatic heterocycles. The van der Waals surface area contributed by atoms with E-state index < -0.39 is 0 Å². The Labute approximate surface area is 322 Å². The van der Waals surface area contributed by atoms with Crippen LogP contribution >= 0.6 is 0 Å². The monoisotopic (exact) mass is 718 g/mol. The summed E-state index contributed by atoms with van der Waals surface area (Å²) in [4.78, 5) is 17.4. The number of benzene rings is 8. The van der Waals surface area contributed by atoms with Gasteiger partial charge in [0.05, 0.1) is 27.8 Å². The van der Waals surface area contributed by atoms with Crippen LogP contribution in [0.1, 0.15) is 0 Å². The smallest absolute Gasteiger partial charge is 0.240 e. The van der Waals surface area contributed by atoms with Crippen LogP contribution in [0.25, 0.3) is 99.3 Å². The topological polar surface area (TPSA) is 51.8 Å². The summed E-state index contributed by atoms with van der Waals surface area (Å²) in [5.41, 5.74) is 9.19. The van der Waals surface area contributed by atoms with Gasteiger partial charge in [-0.25, -0.2) is 0 Å². The molecule has 6 nitrogen and oxygen atoms in total. The molecular weight excluding hydrogens is 685 g/mol. The van der Waals surface area contributed by atoms with Gasteiger partial charge in [-0.2, -0.15) is 15.0 Å². The predicted molar refractivity (Wildman–Crippen MR) is 233 cm³/mol. The lowest BCUT2D eigenvalue weighted by Gasteiger charge is -2.19. The number of hydrogen-bond donors (Lipinski definition) is 0. The molecule has 8 aromatic carbocycles. The number of aromatic nitrogens is 5. The predicted octanol–water partition coefficient (Wildman–Crippen LogP) is 12.3. The van der Waals surface area contributed by atoms with E-state index in [0.29, 0.717) is 23.4 Å². The Morgan fingerprint density at radius 1 is 0.500 bits per heavy atom. The molecule has 0 aliphatic carbocycles. The lowest BCUT2D eigenvalue weighted by Crippen LogP contribution is -2.19. The Hall–Kier alpha value is -7.57. The normalized spacial score (nSPS) is 11.8. The zero-order valence-corrected chi connectivity index (χ0v) is 30.7. The molecule has 11 aromatic rings. The van der Waals surface area contributed by atoms with Gasteiger partial charge in [0, 0.05) is 39.9 Å². The molecule has 0 spiro atoms. The average Bonchev–Trinajstić information content (AvgIpc) is 3.79. The molecule has 0 bridgehead atoms. The number of hydrogen-bond acceptors (Lipinski definition) is 4. The molecule has 0 radical (unpaired) electrons. The molecule has 56 heavy (non-hydrogen) atoms. The zero-order chi connectivity index (χ0) is 37.5. The van der Waals surface area contributed by atoms with Gasteiger partial charge in [-0.1, -0.05) is 147 Å². The second-order valence-corrected chi connectivity index (χ2v) is 14.3. The van der Waals surface area contributed by atoms with Crippen molar-refractivity contribution in [3.05, 3.63) is 183 Å². The first-order chi connectivity index (χ1) is 27.6. The Balaban J connectivity index is 1.22. The van der Waals surface area contributed by atoms with E-state index in [4.69, 9.17) is 15.0 Å². The van der Waals surface area contributed by atoms with Gasteiger partial charge < -0.3 is 9.47 Å². The molecule has 0 N–H and O–H groups in total.